The molecule has 2 aromatic rings. The molecule has 0 saturated heterocycles. The first-order valence-electron chi connectivity index (χ1n) is 7.99. The summed E-state index contributed by atoms with van der Waals surface area (Å²) in [6.45, 7) is 7.00. The van der Waals surface area contributed by atoms with E-state index in [0.29, 0.717) is 11.8 Å². The highest BCUT2D eigenvalue weighted by atomic mass is 14.6. The first-order chi connectivity index (χ1) is 10.2. The Kier molecular flexibility index (Phi) is 5.98. The molecule has 1 heteroatoms. The number of hydrogen-bond acceptors (Lipinski definition) is 1. The zero-order valence-corrected chi connectivity index (χ0v) is 13.4. The fourth-order valence-corrected chi connectivity index (χ4v) is 2.93. The third kappa shape index (κ3) is 4.70. The van der Waals surface area contributed by atoms with Gasteiger partial charge in [-0.2, -0.15) is 0 Å². The Morgan fingerprint density at radius 1 is 0.952 bits per heavy atom. The van der Waals surface area contributed by atoms with Gasteiger partial charge in [-0.1, -0.05) is 63.6 Å². The quantitative estimate of drug-likeness (QED) is 0.685. The van der Waals surface area contributed by atoms with Crippen LogP contribution in [-0.4, -0.2) is 4.98 Å². The molecular weight excluding hydrogens is 254 g/mol. The molecule has 2 rings (SSSR count). The lowest BCUT2D eigenvalue weighted by Gasteiger charge is -2.29. The van der Waals surface area contributed by atoms with Gasteiger partial charge in [-0.05, 0) is 47.8 Å². The number of benzene rings is 1. The number of aromatic nitrogens is 1. The molecule has 1 nitrogen and oxygen atoms in total. The molecule has 0 bridgehead atoms. The van der Waals surface area contributed by atoms with Gasteiger partial charge in [0.05, 0.1) is 0 Å². The van der Waals surface area contributed by atoms with E-state index in [1.165, 1.54) is 17.5 Å². The first kappa shape index (κ1) is 15.8. The minimum Gasteiger partial charge on any atom is -0.264 e. The first-order valence-corrected chi connectivity index (χ1v) is 7.99. The fraction of sp³-hybridized carbons (Fsp3) is 0.400. The molecule has 0 spiro atoms. The Morgan fingerprint density at radius 3 is 2.29 bits per heavy atom. The zero-order valence-electron chi connectivity index (χ0n) is 13.4. The second-order valence-electron chi connectivity index (χ2n) is 6.01. The maximum absolute atomic E-state index is 4.24. The van der Waals surface area contributed by atoms with Crippen molar-refractivity contribution < 1.29 is 0 Å². The smallest absolute Gasteiger partial charge is 0.0299 e. The van der Waals surface area contributed by atoms with E-state index in [1.54, 1.807) is 5.92 Å². The zero-order chi connectivity index (χ0) is 15.1. The van der Waals surface area contributed by atoms with Crippen LogP contribution in [0.1, 0.15) is 38.3 Å². The van der Waals surface area contributed by atoms with Crippen molar-refractivity contribution in [2.45, 2.75) is 40.0 Å². The van der Waals surface area contributed by atoms with E-state index in [-0.39, 0.29) is 0 Å². The molecule has 1 aromatic heterocycles. The minimum atomic E-state index is 0.587. The van der Waals surface area contributed by atoms with Crippen molar-refractivity contribution in [3.05, 3.63) is 71.9 Å². The van der Waals surface area contributed by atoms with Gasteiger partial charge >= 0.3 is 0 Å². The molecule has 0 amide bonds. The van der Waals surface area contributed by atoms with Crippen molar-refractivity contribution in [3.8, 4) is 0 Å². The minimum absolute atomic E-state index is 0.587. The van der Waals surface area contributed by atoms with Gasteiger partial charge in [0.2, 0.25) is 0 Å². The van der Waals surface area contributed by atoms with Gasteiger partial charge < -0.3 is 0 Å². The van der Waals surface area contributed by atoms with Gasteiger partial charge in [0.1, 0.15) is 0 Å². The highest BCUT2D eigenvalue weighted by Crippen LogP contribution is 2.31. The van der Waals surface area contributed by atoms with Crippen LogP contribution >= 0.6 is 0 Å². The lowest BCUT2D eigenvalue weighted by molar-refractivity contribution is 0.432. The Bertz CT molecular complexity index is 506. The maximum Gasteiger partial charge on any atom is 0.0299 e. The molecule has 0 N–H and O–H groups in total. The van der Waals surface area contributed by atoms with Crippen molar-refractivity contribution >= 4 is 0 Å². The molecule has 111 valence electrons. The molecule has 1 aromatic carbocycles. The molecule has 0 fully saturated rings. The molecule has 0 aliphatic carbocycles. The Labute approximate surface area is 129 Å². The molecule has 1 heterocycles. The van der Waals surface area contributed by atoms with Crippen LogP contribution in [0.15, 0.2) is 54.9 Å². The van der Waals surface area contributed by atoms with E-state index >= 15 is 0 Å². The SMILES string of the molecule is CCC(C)[C](Cc1ccccc1)C(C)Cc1cccnc1. The van der Waals surface area contributed by atoms with Crippen molar-refractivity contribution in [1.82, 2.24) is 4.98 Å². The van der Waals surface area contributed by atoms with Crippen molar-refractivity contribution in [3.63, 3.8) is 0 Å². The predicted molar refractivity (Wildman–Crippen MR) is 89.9 cm³/mol. The summed E-state index contributed by atoms with van der Waals surface area (Å²) in [5.41, 5.74) is 2.75. The number of nitrogens with zero attached hydrogens (tertiary/aromatic N) is 1. The molecular formula is C20H26N. The highest BCUT2D eigenvalue weighted by molar-refractivity contribution is 5.22. The third-order valence-corrected chi connectivity index (χ3v) is 4.39. The molecule has 0 aliphatic rings. The summed E-state index contributed by atoms with van der Waals surface area (Å²) in [6.07, 6.45) is 7.22. The van der Waals surface area contributed by atoms with Crippen LogP contribution < -0.4 is 0 Å². The van der Waals surface area contributed by atoms with E-state index < -0.39 is 0 Å². The fourth-order valence-electron chi connectivity index (χ4n) is 2.93. The monoisotopic (exact) mass is 280 g/mol. The van der Waals surface area contributed by atoms with Crippen LogP contribution in [0.4, 0.5) is 0 Å². The summed E-state index contributed by atoms with van der Waals surface area (Å²) in [5, 5.41) is 0. The molecule has 0 saturated carbocycles. The van der Waals surface area contributed by atoms with E-state index in [4.69, 9.17) is 0 Å². The standard InChI is InChI=1S/C20H26N/c1-4-16(2)20(14-18-9-6-5-7-10-18)17(3)13-19-11-8-12-21-15-19/h5-12,15-17H,4,13-14H2,1-3H3. The summed E-state index contributed by atoms with van der Waals surface area (Å²) in [4.78, 5) is 4.24. The lowest BCUT2D eigenvalue weighted by Crippen LogP contribution is -2.21. The largest absolute Gasteiger partial charge is 0.264 e. The van der Waals surface area contributed by atoms with Crippen LogP contribution in [0.5, 0.6) is 0 Å². The van der Waals surface area contributed by atoms with Gasteiger partial charge in [0.15, 0.2) is 0 Å². The van der Waals surface area contributed by atoms with Gasteiger partial charge in [-0.15, -0.1) is 0 Å². The Hall–Kier alpha value is -1.63. The van der Waals surface area contributed by atoms with E-state index in [9.17, 15) is 0 Å². The number of hydrogen-bond donors (Lipinski definition) is 0. The Morgan fingerprint density at radius 2 is 1.67 bits per heavy atom. The number of rotatable bonds is 7. The molecule has 0 aliphatic heterocycles. The van der Waals surface area contributed by atoms with Crippen molar-refractivity contribution in [2.75, 3.05) is 0 Å². The summed E-state index contributed by atoms with van der Waals surface area (Å²) in [6, 6.07) is 15.0. The normalized spacial score (nSPS) is 14.1. The number of pyridine rings is 1. The highest BCUT2D eigenvalue weighted by Gasteiger charge is 2.23. The second kappa shape index (κ2) is 7.97. The Balaban J connectivity index is 2.08. The topological polar surface area (TPSA) is 12.9 Å². The van der Waals surface area contributed by atoms with Crippen LogP contribution in [0.2, 0.25) is 0 Å². The average molecular weight is 280 g/mol. The van der Waals surface area contributed by atoms with Gasteiger partial charge in [-0.3, -0.25) is 4.98 Å². The van der Waals surface area contributed by atoms with Crippen LogP contribution in [-0.2, 0) is 12.8 Å². The van der Waals surface area contributed by atoms with Crippen LogP contribution in [0.3, 0.4) is 0 Å². The average Bonchev–Trinajstić information content (AvgIpc) is 2.53. The van der Waals surface area contributed by atoms with Gasteiger partial charge in [-0.25, -0.2) is 0 Å². The van der Waals surface area contributed by atoms with E-state index in [1.807, 2.05) is 18.5 Å². The summed E-state index contributed by atoms with van der Waals surface area (Å²) >= 11 is 0. The predicted octanol–water partition coefficient (Wildman–Crippen LogP) is 5.12. The van der Waals surface area contributed by atoms with Crippen LogP contribution in [0.25, 0.3) is 0 Å². The van der Waals surface area contributed by atoms with Gasteiger partial charge in [0, 0.05) is 12.4 Å². The second-order valence-corrected chi connectivity index (χ2v) is 6.01. The molecule has 1 radical (unpaired) electrons. The summed E-state index contributed by atoms with van der Waals surface area (Å²) in [7, 11) is 0. The third-order valence-electron chi connectivity index (χ3n) is 4.39. The summed E-state index contributed by atoms with van der Waals surface area (Å²) in [5.74, 6) is 2.91. The van der Waals surface area contributed by atoms with E-state index in [0.717, 1.165) is 12.8 Å². The van der Waals surface area contributed by atoms with Crippen LogP contribution in [0, 0.1) is 17.8 Å². The van der Waals surface area contributed by atoms with Crippen molar-refractivity contribution in [1.29, 1.82) is 0 Å². The summed E-state index contributed by atoms with van der Waals surface area (Å²) < 4.78 is 0. The maximum atomic E-state index is 4.24. The van der Waals surface area contributed by atoms with Crippen molar-refractivity contribution in [2.24, 2.45) is 11.8 Å². The van der Waals surface area contributed by atoms with E-state index in [2.05, 4.69) is 62.2 Å². The molecule has 2 unspecified atom stereocenters. The molecule has 21 heavy (non-hydrogen) atoms. The van der Waals surface area contributed by atoms with Gasteiger partial charge in [0.25, 0.3) is 0 Å². The molecule has 2 atom stereocenters. The lowest BCUT2D eigenvalue weighted by atomic mass is 9.76.